The second kappa shape index (κ2) is 16.7. The number of phosphoric ester groups is 1. The lowest BCUT2D eigenvalue weighted by molar-refractivity contribution is -0.121. The van der Waals surface area contributed by atoms with Crippen LogP contribution in [0.25, 0.3) is 11.2 Å². The van der Waals surface area contributed by atoms with Crippen molar-refractivity contribution >= 4 is 70.4 Å². The normalized spacial score (nSPS) is 27.7. The number of nitrogens with zero attached hydrogens (tertiary/aromatic N) is 3. The molecule has 0 bridgehead atoms. The van der Waals surface area contributed by atoms with Crippen LogP contribution in [0, 0.1) is 0 Å². The zero-order chi connectivity index (χ0) is 38.7. The number of unbranched alkanes of at least 4 members (excludes halogenated alkanes) is 1. The number of hydrogen-bond donors (Lipinski definition) is 11. The molecule has 4 amide bonds. The second-order valence-electron chi connectivity index (χ2n) is 11.7. The maximum absolute atomic E-state index is 12.7. The molecule has 2 aromatic heterocycles. The van der Waals surface area contributed by atoms with Gasteiger partial charge in [0.1, 0.15) is 12.2 Å². The van der Waals surface area contributed by atoms with Gasteiger partial charge in [0.05, 0.1) is 25.0 Å². The van der Waals surface area contributed by atoms with Crippen molar-refractivity contribution in [2.45, 2.75) is 67.6 Å². The van der Waals surface area contributed by atoms with Crippen molar-refractivity contribution < 1.29 is 75.4 Å². The zero-order valence-electron chi connectivity index (χ0n) is 27.1. The zero-order valence-corrected chi connectivity index (χ0v) is 30.6. The van der Waals surface area contributed by atoms with Crippen LogP contribution in [-0.4, -0.2) is 123 Å². The molecule has 3 fully saturated rings. The first-order chi connectivity index (χ1) is 24.8. The Kier molecular flexibility index (Phi) is 12.9. The van der Waals surface area contributed by atoms with Gasteiger partial charge < -0.3 is 61.2 Å². The van der Waals surface area contributed by atoms with E-state index in [2.05, 4.69) is 49.4 Å². The first-order valence-electron chi connectivity index (χ1n) is 15.5. The Labute approximate surface area is 301 Å². The number of alkyl carbamates (subject to hydrolysis) is 1. The predicted octanol–water partition coefficient (Wildman–Crippen LogP) is -1.76. The summed E-state index contributed by atoms with van der Waals surface area (Å²) >= 11 is 1.77. The third-order valence-electron chi connectivity index (χ3n) is 7.89. The molecule has 5 heterocycles. The van der Waals surface area contributed by atoms with Crippen LogP contribution in [-0.2, 0) is 41.1 Å². The van der Waals surface area contributed by atoms with Gasteiger partial charge >= 0.3 is 35.6 Å². The molecule has 0 saturated carbocycles. The van der Waals surface area contributed by atoms with Crippen molar-refractivity contribution in [1.29, 1.82) is 0 Å². The number of carbonyl (C=O) groups excluding carboxylic acids is 3. The van der Waals surface area contributed by atoms with Gasteiger partial charge in [-0.1, -0.05) is 6.42 Å². The number of urea groups is 1. The quantitative estimate of drug-likeness (QED) is 0.0477. The number of anilines is 1. The number of nitrogens with two attached hydrogens (primary N) is 1. The minimum atomic E-state index is -5.87. The number of H-pyrrole nitrogens is 1. The van der Waals surface area contributed by atoms with Gasteiger partial charge in [-0.2, -0.15) is 25.4 Å². The molecule has 0 aromatic carbocycles. The number of imidazole rings is 1. The monoisotopic (exact) mass is 835 g/mol. The predicted molar refractivity (Wildman–Crippen MR) is 178 cm³/mol. The summed E-state index contributed by atoms with van der Waals surface area (Å²) in [7, 11) is -17.2. The standard InChI is InChI=1S/C23H36N9O17P3S/c24-21-30-18-15(19(35)31-21)27-9-32(18)20-16(34)17(11(46-20)7-45-51(41,42)49-52(43,44)48-50(38,39)40)47-23(37)26-6-5-25-13(33)4-2-1-3-12-14-10(8-53-12)28-22(36)29-14/h9-12,14,16-17,20,34H,1-8H2,(H,25,33)(H,26,37)(H,41,42)(H,43,44)(H2,28,29,36)(H2,38,39,40)(H3,24,30,31,35)/t10-,11+,12-,14-,16+,17+,20+/m0/s1. The van der Waals surface area contributed by atoms with Crippen molar-refractivity contribution in [1.82, 2.24) is 40.8 Å². The largest absolute Gasteiger partial charge is 0.490 e. The second-order valence-corrected chi connectivity index (χ2v) is 17.4. The highest BCUT2D eigenvalue weighted by atomic mass is 32.2. The van der Waals surface area contributed by atoms with Gasteiger partial charge in [0.15, 0.2) is 23.5 Å². The highest BCUT2D eigenvalue weighted by Crippen LogP contribution is 2.66. The molecule has 0 aliphatic carbocycles. The molecule has 53 heavy (non-hydrogen) atoms. The van der Waals surface area contributed by atoms with E-state index in [1.165, 1.54) is 0 Å². The molecule has 0 radical (unpaired) electrons. The number of phosphoric acid groups is 3. The van der Waals surface area contributed by atoms with Crippen molar-refractivity contribution in [2.24, 2.45) is 0 Å². The number of rotatable bonds is 17. The summed E-state index contributed by atoms with van der Waals surface area (Å²) in [4.78, 5) is 95.7. The van der Waals surface area contributed by atoms with E-state index in [4.69, 9.17) is 25.0 Å². The molecule has 0 spiro atoms. The Morgan fingerprint density at radius 1 is 1.08 bits per heavy atom. The molecule has 12 N–H and O–H groups in total. The summed E-state index contributed by atoms with van der Waals surface area (Å²) in [6.07, 6.45) is -4.52. The van der Waals surface area contributed by atoms with Crippen LogP contribution in [0.2, 0.25) is 0 Å². The number of fused-ring (bicyclic) bond motifs is 2. The lowest BCUT2D eigenvalue weighted by atomic mass is 10.0. The fourth-order valence-corrected chi connectivity index (χ4v) is 10.3. The fourth-order valence-electron chi connectivity index (χ4n) is 5.72. The highest BCUT2D eigenvalue weighted by molar-refractivity contribution is 8.00. The van der Waals surface area contributed by atoms with E-state index in [0.717, 1.165) is 29.5 Å². The average molecular weight is 836 g/mol. The van der Waals surface area contributed by atoms with Crippen LogP contribution in [0.3, 0.4) is 0 Å². The van der Waals surface area contributed by atoms with Gasteiger partial charge in [-0.25, -0.2) is 28.3 Å². The number of ether oxygens (including phenoxy) is 2. The summed E-state index contributed by atoms with van der Waals surface area (Å²) in [5, 5.41) is 22.2. The van der Waals surface area contributed by atoms with Gasteiger partial charge in [0.2, 0.25) is 11.9 Å². The Morgan fingerprint density at radius 2 is 1.81 bits per heavy atom. The third-order valence-corrected chi connectivity index (χ3v) is 13.2. The van der Waals surface area contributed by atoms with E-state index in [1.54, 1.807) is 11.8 Å². The summed E-state index contributed by atoms with van der Waals surface area (Å²) in [5.74, 6) is 0.221. The van der Waals surface area contributed by atoms with Crippen LogP contribution in [0.1, 0.15) is 31.9 Å². The molecule has 5 rings (SSSR count). The first-order valence-corrected chi connectivity index (χ1v) is 21.1. The fraction of sp³-hybridized carbons (Fsp3) is 0.652. The number of nitrogens with one attached hydrogen (secondary N) is 5. The average Bonchev–Trinajstić information content (AvgIpc) is 3.78. The van der Waals surface area contributed by atoms with E-state index >= 15 is 0 Å². The van der Waals surface area contributed by atoms with Gasteiger partial charge in [-0.3, -0.25) is 23.7 Å². The lowest BCUT2D eigenvalue weighted by Crippen LogP contribution is -2.42. The molecular formula is C23H36N9O17P3S. The molecule has 296 valence electrons. The van der Waals surface area contributed by atoms with Crippen molar-refractivity contribution in [3.05, 3.63) is 16.7 Å². The van der Waals surface area contributed by atoms with Crippen LogP contribution in [0.15, 0.2) is 11.1 Å². The molecule has 3 aliphatic rings. The molecule has 3 saturated heterocycles. The van der Waals surface area contributed by atoms with Gasteiger partial charge in [-0.15, -0.1) is 0 Å². The lowest BCUT2D eigenvalue weighted by Gasteiger charge is -2.22. The number of carbonyl (C=O) groups is 3. The number of amides is 4. The summed E-state index contributed by atoms with van der Waals surface area (Å²) in [5.41, 5.74) is 4.45. The highest BCUT2D eigenvalue weighted by Gasteiger charge is 2.50. The smallest absolute Gasteiger partial charge is 0.440 e. The van der Waals surface area contributed by atoms with Crippen LogP contribution in [0.5, 0.6) is 0 Å². The maximum atomic E-state index is 12.7. The SMILES string of the molecule is Nc1nc2c(ncn2[C@@H]2O[C@H](COP(=O)(O)OP(=O)(O)OP(=O)(O)O)[C@@H](OC(=O)NCCNC(=O)CCCC[C@@H]3SC[C@@H]4NC(=O)N[C@@H]43)[C@H]2O)c(=O)[nH]1. The number of aliphatic hydroxyl groups is 1. The van der Waals surface area contributed by atoms with Crippen molar-refractivity contribution in [2.75, 3.05) is 31.2 Å². The Bertz CT molecular complexity index is 1900. The summed E-state index contributed by atoms with van der Waals surface area (Å²) < 4.78 is 59.0. The molecule has 3 aliphatic heterocycles. The number of thioether (sulfide) groups is 1. The minimum Gasteiger partial charge on any atom is -0.440 e. The number of aliphatic hydroxyl groups excluding tert-OH is 1. The maximum Gasteiger partial charge on any atom is 0.490 e. The van der Waals surface area contributed by atoms with Crippen molar-refractivity contribution in [3.63, 3.8) is 0 Å². The molecular weight excluding hydrogens is 799 g/mol. The molecule has 2 aromatic rings. The summed E-state index contributed by atoms with van der Waals surface area (Å²) in [6.45, 7) is -1.28. The van der Waals surface area contributed by atoms with Gasteiger partial charge in [0, 0.05) is 30.5 Å². The first kappa shape index (κ1) is 41.0. The summed E-state index contributed by atoms with van der Waals surface area (Å²) in [6, 6.07) is 0.00946. The van der Waals surface area contributed by atoms with E-state index in [9.17, 15) is 47.8 Å². The van der Waals surface area contributed by atoms with Crippen LogP contribution >= 0.6 is 35.2 Å². The van der Waals surface area contributed by atoms with E-state index < -0.39 is 66.3 Å². The Morgan fingerprint density at radius 3 is 2.55 bits per heavy atom. The number of aromatic amines is 1. The van der Waals surface area contributed by atoms with Crippen LogP contribution in [0.4, 0.5) is 15.5 Å². The van der Waals surface area contributed by atoms with Gasteiger partial charge in [0.25, 0.3) is 5.56 Å². The Balaban J connectivity index is 1.14. The number of nitrogen functional groups attached to an aromatic ring is 1. The molecule has 2 unspecified atom stereocenters. The number of hydrogen-bond acceptors (Lipinski definition) is 17. The molecule has 26 nitrogen and oxygen atoms in total. The topological polar surface area (TPSA) is 387 Å². The molecule has 9 atom stereocenters. The van der Waals surface area contributed by atoms with E-state index in [-0.39, 0.29) is 65.9 Å². The Hall–Kier alpha value is -3.16. The van der Waals surface area contributed by atoms with Crippen molar-refractivity contribution in [3.8, 4) is 0 Å². The number of aromatic nitrogens is 4. The molecule has 30 heteroatoms. The van der Waals surface area contributed by atoms with E-state index in [1.807, 2.05) is 0 Å². The van der Waals surface area contributed by atoms with Gasteiger partial charge in [-0.05, 0) is 12.8 Å². The minimum absolute atomic E-state index is 0.0155. The van der Waals surface area contributed by atoms with Crippen LogP contribution < -0.4 is 32.6 Å². The van der Waals surface area contributed by atoms with E-state index in [0.29, 0.717) is 6.42 Å². The third kappa shape index (κ3) is 11.0.